The van der Waals surface area contributed by atoms with Crippen LogP contribution in [0.15, 0.2) is 117 Å². The summed E-state index contributed by atoms with van der Waals surface area (Å²) in [5.41, 5.74) is 4.82. The van der Waals surface area contributed by atoms with Gasteiger partial charge in [-0.05, 0) is 48.5 Å². The lowest BCUT2D eigenvalue weighted by Gasteiger charge is -2.19. The van der Waals surface area contributed by atoms with Gasteiger partial charge >= 0.3 is 0 Å². The molecule has 0 unspecified atom stereocenters. The van der Waals surface area contributed by atoms with Crippen LogP contribution in [0.4, 0.5) is 22.7 Å². The fourth-order valence-corrected chi connectivity index (χ4v) is 5.14. The molecule has 192 valence electrons. The van der Waals surface area contributed by atoms with Crippen molar-refractivity contribution in [3.8, 4) is 0 Å². The molecule has 6 rings (SSSR count). The first-order chi connectivity index (χ1) is 17.9. The first kappa shape index (κ1) is 31.2. The SMILES string of the molecule is CC.CC.CC.CC.c1ccc2c(c1)Nc1ccccc1S2.c1ccc2c(c1)Nc1ccccc1S2. The van der Waals surface area contributed by atoms with Crippen LogP contribution < -0.4 is 10.6 Å². The van der Waals surface area contributed by atoms with E-state index in [4.69, 9.17) is 0 Å². The van der Waals surface area contributed by atoms with Crippen LogP contribution in [0, 0.1) is 0 Å². The molecule has 2 heterocycles. The third kappa shape index (κ3) is 8.69. The molecule has 0 saturated carbocycles. The molecule has 2 aliphatic heterocycles. The Morgan fingerprint density at radius 2 is 0.528 bits per heavy atom. The highest BCUT2D eigenvalue weighted by molar-refractivity contribution is 8.00. The van der Waals surface area contributed by atoms with Crippen LogP contribution in [0.1, 0.15) is 55.4 Å². The van der Waals surface area contributed by atoms with Gasteiger partial charge in [-0.2, -0.15) is 0 Å². The van der Waals surface area contributed by atoms with Crippen LogP contribution in [-0.2, 0) is 0 Å². The summed E-state index contributed by atoms with van der Waals surface area (Å²) in [7, 11) is 0. The van der Waals surface area contributed by atoms with Crippen molar-refractivity contribution in [1.29, 1.82) is 0 Å². The largest absolute Gasteiger partial charge is 0.354 e. The van der Waals surface area contributed by atoms with Crippen molar-refractivity contribution in [2.24, 2.45) is 0 Å². The molecule has 0 amide bonds. The first-order valence-electron chi connectivity index (χ1n) is 13.1. The maximum Gasteiger partial charge on any atom is 0.0526 e. The molecule has 0 bridgehead atoms. The minimum absolute atomic E-state index is 1.20. The lowest BCUT2D eigenvalue weighted by Crippen LogP contribution is -1.98. The summed E-state index contributed by atoms with van der Waals surface area (Å²) in [5.74, 6) is 0. The van der Waals surface area contributed by atoms with E-state index in [1.165, 1.54) is 42.3 Å². The highest BCUT2D eigenvalue weighted by atomic mass is 32.2. The van der Waals surface area contributed by atoms with Gasteiger partial charge in [-0.25, -0.2) is 0 Å². The van der Waals surface area contributed by atoms with Crippen LogP contribution in [0.25, 0.3) is 0 Å². The maximum atomic E-state index is 3.42. The zero-order valence-electron chi connectivity index (χ0n) is 23.1. The predicted octanol–water partition coefficient (Wildman–Crippen LogP) is 11.9. The molecule has 2 aliphatic rings. The van der Waals surface area contributed by atoms with Gasteiger partial charge in [-0.1, -0.05) is 127 Å². The molecule has 4 aromatic rings. The minimum Gasteiger partial charge on any atom is -0.354 e. The van der Waals surface area contributed by atoms with Gasteiger partial charge in [0.1, 0.15) is 0 Å². The molecule has 0 spiro atoms. The van der Waals surface area contributed by atoms with E-state index in [2.05, 4.69) is 108 Å². The number of benzene rings is 4. The van der Waals surface area contributed by atoms with Gasteiger partial charge in [-0.15, -0.1) is 0 Å². The molecule has 36 heavy (non-hydrogen) atoms. The summed E-state index contributed by atoms with van der Waals surface area (Å²) in [5, 5.41) is 6.84. The van der Waals surface area contributed by atoms with E-state index in [0.29, 0.717) is 0 Å². The van der Waals surface area contributed by atoms with Gasteiger partial charge < -0.3 is 10.6 Å². The summed E-state index contributed by atoms with van der Waals surface area (Å²) in [6.45, 7) is 16.0. The lowest BCUT2D eigenvalue weighted by molar-refractivity contribution is 1.32. The average Bonchev–Trinajstić information content (AvgIpc) is 2.99. The molecule has 0 fully saturated rings. The summed E-state index contributed by atoms with van der Waals surface area (Å²) in [6.07, 6.45) is 0. The molecule has 0 radical (unpaired) electrons. The number of rotatable bonds is 0. The summed E-state index contributed by atoms with van der Waals surface area (Å²) >= 11 is 3.64. The molecular weight excluding hydrogens is 477 g/mol. The standard InChI is InChI=1S/2C12H9NS.4C2H6/c2*1-3-7-11-9(5-1)13-10-6-2-4-8-12(10)14-11;4*1-2/h2*1-8,13H;4*1-2H3. The number of hydrogen-bond donors (Lipinski definition) is 2. The number of para-hydroxylation sites is 4. The van der Waals surface area contributed by atoms with Gasteiger partial charge in [0.15, 0.2) is 0 Å². The van der Waals surface area contributed by atoms with Crippen molar-refractivity contribution in [1.82, 2.24) is 0 Å². The Kier molecular flexibility index (Phi) is 16.0. The molecule has 4 aromatic carbocycles. The lowest BCUT2D eigenvalue weighted by atomic mass is 10.2. The Morgan fingerprint density at radius 3 is 0.750 bits per heavy atom. The molecule has 0 aromatic heterocycles. The molecule has 0 saturated heterocycles. The first-order valence-corrected chi connectivity index (χ1v) is 14.8. The summed E-state index contributed by atoms with van der Waals surface area (Å²) < 4.78 is 0. The smallest absolute Gasteiger partial charge is 0.0526 e. The van der Waals surface area contributed by atoms with E-state index in [0.717, 1.165) is 0 Å². The summed E-state index contributed by atoms with van der Waals surface area (Å²) in [6, 6.07) is 33.5. The minimum atomic E-state index is 1.20. The van der Waals surface area contributed by atoms with Crippen molar-refractivity contribution >= 4 is 46.3 Å². The van der Waals surface area contributed by atoms with Gasteiger partial charge in [0.25, 0.3) is 0 Å². The van der Waals surface area contributed by atoms with Gasteiger partial charge in [-0.3, -0.25) is 0 Å². The number of hydrogen-bond acceptors (Lipinski definition) is 4. The van der Waals surface area contributed by atoms with E-state index in [-0.39, 0.29) is 0 Å². The van der Waals surface area contributed by atoms with Crippen molar-refractivity contribution in [3.05, 3.63) is 97.1 Å². The van der Waals surface area contributed by atoms with E-state index in [1.54, 1.807) is 0 Å². The zero-order valence-corrected chi connectivity index (χ0v) is 24.7. The van der Waals surface area contributed by atoms with Crippen LogP contribution >= 0.6 is 23.5 Å². The molecule has 0 atom stereocenters. The van der Waals surface area contributed by atoms with Crippen molar-refractivity contribution in [2.45, 2.75) is 75.0 Å². The second-order valence-electron chi connectivity index (χ2n) is 6.44. The third-order valence-corrected chi connectivity index (χ3v) is 6.83. The van der Waals surface area contributed by atoms with Crippen molar-refractivity contribution in [2.75, 3.05) is 10.6 Å². The quantitative estimate of drug-likeness (QED) is 0.209. The fourth-order valence-electron chi connectivity index (χ4n) is 3.16. The highest BCUT2D eigenvalue weighted by Crippen LogP contribution is 2.44. The Balaban J connectivity index is 0.000000283. The van der Waals surface area contributed by atoms with E-state index < -0.39 is 0 Å². The van der Waals surface area contributed by atoms with Gasteiger partial charge in [0, 0.05) is 19.6 Å². The third-order valence-electron chi connectivity index (χ3n) is 4.53. The van der Waals surface area contributed by atoms with Crippen LogP contribution in [-0.4, -0.2) is 0 Å². The number of anilines is 4. The Bertz CT molecular complexity index is 876. The normalized spacial score (nSPS) is 10.4. The zero-order chi connectivity index (χ0) is 26.8. The number of fused-ring (bicyclic) bond motifs is 4. The van der Waals surface area contributed by atoms with Gasteiger partial charge in [0.05, 0.1) is 22.7 Å². The second-order valence-corrected chi connectivity index (χ2v) is 8.61. The molecule has 0 aliphatic carbocycles. The number of nitrogens with one attached hydrogen (secondary N) is 2. The van der Waals surface area contributed by atoms with E-state index in [9.17, 15) is 0 Å². The predicted molar refractivity (Wildman–Crippen MR) is 166 cm³/mol. The Morgan fingerprint density at radius 1 is 0.333 bits per heavy atom. The van der Waals surface area contributed by atoms with Gasteiger partial charge in [0.2, 0.25) is 0 Å². The average molecular weight is 519 g/mol. The molecule has 2 nitrogen and oxygen atoms in total. The van der Waals surface area contributed by atoms with E-state index in [1.807, 2.05) is 78.9 Å². The Hall–Kier alpha value is -2.82. The van der Waals surface area contributed by atoms with E-state index >= 15 is 0 Å². The van der Waals surface area contributed by atoms with Crippen molar-refractivity contribution in [3.63, 3.8) is 0 Å². The Labute approximate surface area is 228 Å². The second kappa shape index (κ2) is 18.4. The molecule has 4 heteroatoms. The topological polar surface area (TPSA) is 24.1 Å². The van der Waals surface area contributed by atoms with Crippen LogP contribution in [0.5, 0.6) is 0 Å². The van der Waals surface area contributed by atoms with Crippen LogP contribution in [0.3, 0.4) is 0 Å². The maximum absolute atomic E-state index is 3.42. The fraction of sp³-hybridized carbons (Fsp3) is 0.250. The highest BCUT2D eigenvalue weighted by Gasteiger charge is 2.14. The molecule has 2 N–H and O–H groups in total. The van der Waals surface area contributed by atoms with Crippen molar-refractivity contribution < 1.29 is 0 Å². The monoisotopic (exact) mass is 518 g/mol. The van der Waals surface area contributed by atoms with Crippen LogP contribution in [0.2, 0.25) is 0 Å². The molecular formula is C32H42N2S2. The summed E-state index contributed by atoms with van der Waals surface area (Å²) in [4.78, 5) is 5.19.